The molecule has 1 amide bonds. The number of nitrogens with one attached hydrogen (secondary N) is 1. The second kappa shape index (κ2) is 8.00. The van der Waals surface area contributed by atoms with Crippen LogP contribution in [0.25, 0.3) is 0 Å². The van der Waals surface area contributed by atoms with Crippen molar-refractivity contribution in [3.63, 3.8) is 0 Å². The first-order chi connectivity index (χ1) is 9.43. The number of amides is 1. The molecule has 0 unspecified atom stereocenters. The van der Waals surface area contributed by atoms with E-state index in [1.165, 1.54) is 12.1 Å². The third-order valence-electron chi connectivity index (χ3n) is 3.47. The zero-order valence-corrected chi connectivity index (χ0v) is 12.4. The van der Waals surface area contributed by atoms with Crippen LogP contribution in [0.2, 0.25) is 0 Å². The summed E-state index contributed by atoms with van der Waals surface area (Å²) in [6, 6.07) is 6.46. The Morgan fingerprint density at radius 1 is 1.35 bits per heavy atom. The maximum absolute atomic E-state index is 13.0. The topological polar surface area (TPSA) is 55.1 Å². The molecule has 0 saturated heterocycles. The van der Waals surface area contributed by atoms with E-state index in [-0.39, 0.29) is 17.1 Å². The van der Waals surface area contributed by atoms with Crippen molar-refractivity contribution < 1.29 is 9.18 Å². The smallest absolute Gasteiger partial charge is 0.220 e. The van der Waals surface area contributed by atoms with E-state index in [1.807, 2.05) is 6.07 Å². The molecule has 0 spiro atoms. The molecule has 0 bridgehead atoms. The summed E-state index contributed by atoms with van der Waals surface area (Å²) >= 11 is 0. The summed E-state index contributed by atoms with van der Waals surface area (Å²) in [5.41, 5.74) is 6.55. The van der Waals surface area contributed by atoms with Gasteiger partial charge in [0.25, 0.3) is 0 Å². The van der Waals surface area contributed by atoms with Gasteiger partial charge in [-0.3, -0.25) is 4.79 Å². The molecule has 3 N–H and O–H groups in total. The van der Waals surface area contributed by atoms with Crippen LogP contribution in [0.5, 0.6) is 0 Å². The number of carbonyl (C=O) groups is 1. The van der Waals surface area contributed by atoms with Crippen molar-refractivity contribution >= 4 is 5.91 Å². The minimum atomic E-state index is -0.239. The average Bonchev–Trinajstić information content (AvgIpc) is 2.37. The van der Waals surface area contributed by atoms with Gasteiger partial charge >= 0.3 is 0 Å². The summed E-state index contributed by atoms with van der Waals surface area (Å²) in [4.78, 5) is 11.7. The molecule has 0 aliphatic rings. The van der Waals surface area contributed by atoms with Crippen LogP contribution in [0, 0.1) is 11.2 Å². The Kier molecular flexibility index (Phi) is 6.65. The lowest BCUT2D eigenvalue weighted by Crippen LogP contribution is -2.27. The van der Waals surface area contributed by atoms with E-state index >= 15 is 0 Å². The number of benzene rings is 1. The zero-order chi connectivity index (χ0) is 15.0. The van der Waals surface area contributed by atoms with Crippen molar-refractivity contribution in [1.82, 2.24) is 5.32 Å². The SMILES string of the molecule is CC(C)(CCN)CCC(=O)NCCc1cccc(F)c1. The molecule has 0 radical (unpaired) electrons. The second-order valence-corrected chi connectivity index (χ2v) is 5.93. The van der Waals surface area contributed by atoms with Gasteiger partial charge in [-0.2, -0.15) is 0 Å². The molecule has 3 nitrogen and oxygen atoms in total. The fourth-order valence-corrected chi connectivity index (χ4v) is 2.09. The Morgan fingerprint density at radius 3 is 2.75 bits per heavy atom. The quantitative estimate of drug-likeness (QED) is 0.769. The van der Waals surface area contributed by atoms with E-state index in [0.29, 0.717) is 25.9 Å². The Morgan fingerprint density at radius 2 is 2.10 bits per heavy atom. The van der Waals surface area contributed by atoms with Crippen LogP contribution in [-0.4, -0.2) is 19.0 Å². The van der Waals surface area contributed by atoms with Crippen LogP contribution < -0.4 is 11.1 Å². The molecular formula is C16H25FN2O. The fraction of sp³-hybridized carbons (Fsp3) is 0.562. The van der Waals surface area contributed by atoms with Gasteiger partial charge in [-0.05, 0) is 48.9 Å². The van der Waals surface area contributed by atoms with Crippen molar-refractivity contribution in [2.24, 2.45) is 11.1 Å². The number of halogens is 1. The van der Waals surface area contributed by atoms with Crippen molar-refractivity contribution in [3.8, 4) is 0 Å². The molecule has 1 aromatic rings. The number of hydrogen-bond acceptors (Lipinski definition) is 2. The fourth-order valence-electron chi connectivity index (χ4n) is 2.09. The van der Waals surface area contributed by atoms with Crippen LogP contribution in [0.4, 0.5) is 4.39 Å². The van der Waals surface area contributed by atoms with Gasteiger partial charge in [-0.15, -0.1) is 0 Å². The van der Waals surface area contributed by atoms with Crippen molar-refractivity contribution in [1.29, 1.82) is 0 Å². The van der Waals surface area contributed by atoms with Crippen LogP contribution >= 0.6 is 0 Å². The van der Waals surface area contributed by atoms with E-state index in [1.54, 1.807) is 6.07 Å². The second-order valence-electron chi connectivity index (χ2n) is 5.93. The standard InChI is InChI=1S/C16H25FN2O/c1-16(2,9-10-18)8-6-15(20)19-11-7-13-4-3-5-14(17)12-13/h3-5,12H,6-11,18H2,1-2H3,(H,19,20). The van der Waals surface area contributed by atoms with Gasteiger partial charge in [0.1, 0.15) is 5.82 Å². The number of carbonyl (C=O) groups excluding carboxylic acids is 1. The molecule has 1 rings (SSSR count). The molecule has 112 valence electrons. The maximum atomic E-state index is 13.0. The van der Waals surface area contributed by atoms with Crippen molar-refractivity contribution in [2.75, 3.05) is 13.1 Å². The first-order valence-corrected chi connectivity index (χ1v) is 7.14. The lowest BCUT2D eigenvalue weighted by Gasteiger charge is -2.23. The highest BCUT2D eigenvalue weighted by Crippen LogP contribution is 2.25. The number of rotatable bonds is 8. The molecule has 0 heterocycles. The minimum absolute atomic E-state index is 0.0477. The normalized spacial score (nSPS) is 11.4. The van der Waals surface area contributed by atoms with E-state index in [0.717, 1.165) is 18.4 Å². The Labute approximate surface area is 120 Å². The van der Waals surface area contributed by atoms with Gasteiger partial charge in [-0.1, -0.05) is 26.0 Å². The molecular weight excluding hydrogens is 255 g/mol. The summed E-state index contributed by atoms with van der Waals surface area (Å²) in [6.45, 7) is 5.44. The highest BCUT2D eigenvalue weighted by molar-refractivity contribution is 5.75. The summed E-state index contributed by atoms with van der Waals surface area (Å²) in [5, 5.41) is 2.87. The van der Waals surface area contributed by atoms with Crippen molar-refractivity contribution in [3.05, 3.63) is 35.6 Å². The number of nitrogens with two attached hydrogens (primary N) is 1. The van der Waals surface area contributed by atoms with E-state index in [4.69, 9.17) is 5.73 Å². The average molecular weight is 280 g/mol. The monoisotopic (exact) mass is 280 g/mol. The van der Waals surface area contributed by atoms with Gasteiger partial charge < -0.3 is 11.1 Å². The first-order valence-electron chi connectivity index (χ1n) is 7.14. The minimum Gasteiger partial charge on any atom is -0.356 e. The van der Waals surface area contributed by atoms with Crippen LogP contribution in [0.1, 0.15) is 38.7 Å². The van der Waals surface area contributed by atoms with Gasteiger partial charge in [0.05, 0.1) is 0 Å². The summed E-state index contributed by atoms with van der Waals surface area (Å²) in [6.07, 6.45) is 2.91. The third-order valence-corrected chi connectivity index (χ3v) is 3.47. The van der Waals surface area contributed by atoms with Gasteiger partial charge in [0.2, 0.25) is 5.91 Å². The van der Waals surface area contributed by atoms with Crippen LogP contribution in [0.3, 0.4) is 0 Å². The Balaban J connectivity index is 2.23. The zero-order valence-electron chi connectivity index (χ0n) is 12.4. The predicted octanol–water partition coefficient (Wildman–Crippen LogP) is 2.64. The van der Waals surface area contributed by atoms with E-state index in [9.17, 15) is 9.18 Å². The third kappa shape index (κ3) is 6.66. The maximum Gasteiger partial charge on any atom is 0.220 e. The molecule has 20 heavy (non-hydrogen) atoms. The summed E-state index contributed by atoms with van der Waals surface area (Å²) in [7, 11) is 0. The molecule has 0 aliphatic heterocycles. The first kappa shape index (κ1) is 16.6. The number of hydrogen-bond donors (Lipinski definition) is 2. The highest BCUT2D eigenvalue weighted by atomic mass is 19.1. The summed E-state index contributed by atoms with van der Waals surface area (Å²) < 4.78 is 13.0. The van der Waals surface area contributed by atoms with Gasteiger partial charge in [-0.25, -0.2) is 4.39 Å². The lowest BCUT2D eigenvalue weighted by molar-refractivity contribution is -0.121. The van der Waals surface area contributed by atoms with Crippen molar-refractivity contribution in [2.45, 2.75) is 39.5 Å². The summed E-state index contributed by atoms with van der Waals surface area (Å²) in [5.74, 6) is -0.191. The molecule has 4 heteroatoms. The Hall–Kier alpha value is -1.42. The predicted molar refractivity (Wildman–Crippen MR) is 79.8 cm³/mol. The van der Waals surface area contributed by atoms with E-state index < -0.39 is 0 Å². The Bertz CT molecular complexity index is 432. The lowest BCUT2D eigenvalue weighted by atomic mass is 9.84. The molecule has 0 fully saturated rings. The van der Waals surface area contributed by atoms with Crippen LogP contribution in [0.15, 0.2) is 24.3 Å². The largest absolute Gasteiger partial charge is 0.356 e. The molecule has 0 aliphatic carbocycles. The molecule has 0 saturated carbocycles. The molecule has 0 aromatic heterocycles. The van der Waals surface area contributed by atoms with Crippen LogP contribution in [-0.2, 0) is 11.2 Å². The van der Waals surface area contributed by atoms with E-state index in [2.05, 4.69) is 19.2 Å². The highest BCUT2D eigenvalue weighted by Gasteiger charge is 2.17. The molecule has 1 aromatic carbocycles. The van der Waals surface area contributed by atoms with Gasteiger partial charge in [0, 0.05) is 13.0 Å². The molecule has 0 atom stereocenters. The van der Waals surface area contributed by atoms with Gasteiger partial charge in [0.15, 0.2) is 0 Å².